The average molecular weight is 248 g/mol. The predicted octanol–water partition coefficient (Wildman–Crippen LogP) is 3.38. The quantitative estimate of drug-likeness (QED) is 0.864. The zero-order chi connectivity index (χ0) is 13.1. The highest BCUT2D eigenvalue weighted by Gasteiger charge is 2.11. The van der Waals surface area contributed by atoms with Crippen LogP contribution in [0.25, 0.3) is 10.9 Å². The Morgan fingerprint density at radius 3 is 2.89 bits per heavy atom. The Bertz CT molecular complexity index is 531. The number of hydrogen-bond donors (Lipinski definition) is 1. The van der Waals surface area contributed by atoms with Gasteiger partial charge in [-0.1, -0.05) is 19.8 Å². The van der Waals surface area contributed by atoms with Crippen molar-refractivity contribution in [2.75, 3.05) is 0 Å². The van der Waals surface area contributed by atoms with Gasteiger partial charge in [-0.2, -0.15) is 0 Å². The van der Waals surface area contributed by atoms with Crippen LogP contribution in [0.15, 0.2) is 24.4 Å². The first kappa shape index (κ1) is 13.1. The Hall–Kier alpha value is -1.35. The molecule has 0 saturated heterocycles. The summed E-state index contributed by atoms with van der Waals surface area (Å²) in [6.07, 6.45) is 6.23. The summed E-state index contributed by atoms with van der Waals surface area (Å²) in [5.41, 5.74) is 8.34. The molecule has 1 unspecified atom stereocenters. The van der Waals surface area contributed by atoms with E-state index in [0.29, 0.717) is 0 Å². The highest BCUT2D eigenvalue weighted by Crippen LogP contribution is 2.23. The van der Waals surface area contributed by atoms with E-state index in [-0.39, 0.29) is 11.9 Å². The van der Waals surface area contributed by atoms with Gasteiger partial charge in [-0.3, -0.25) is 0 Å². The molecular formula is C15H21FN2. The van der Waals surface area contributed by atoms with Crippen molar-refractivity contribution in [2.24, 2.45) is 12.8 Å². The molecule has 0 aliphatic rings. The van der Waals surface area contributed by atoms with Crippen LogP contribution < -0.4 is 5.73 Å². The van der Waals surface area contributed by atoms with Crippen molar-refractivity contribution in [1.82, 2.24) is 4.57 Å². The number of hydrogen-bond acceptors (Lipinski definition) is 1. The number of aromatic nitrogens is 1. The normalized spacial score (nSPS) is 13.1. The molecule has 0 amide bonds. The summed E-state index contributed by atoms with van der Waals surface area (Å²) < 4.78 is 15.4. The minimum Gasteiger partial charge on any atom is -0.350 e. The van der Waals surface area contributed by atoms with Gasteiger partial charge in [0.05, 0.1) is 0 Å². The van der Waals surface area contributed by atoms with Crippen LogP contribution in [0, 0.1) is 5.82 Å². The summed E-state index contributed by atoms with van der Waals surface area (Å²) in [5.74, 6) is -0.183. The lowest BCUT2D eigenvalue weighted by atomic mass is 10.0. The fourth-order valence-electron chi connectivity index (χ4n) is 2.46. The van der Waals surface area contributed by atoms with Gasteiger partial charge in [0.1, 0.15) is 5.82 Å². The maximum absolute atomic E-state index is 13.3. The Morgan fingerprint density at radius 1 is 1.39 bits per heavy atom. The number of unbranched alkanes of at least 4 members (excludes halogenated alkanes) is 1. The van der Waals surface area contributed by atoms with Crippen molar-refractivity contribution in [3.05, 3.63) is 35.8 Å². The highest BCUT2D eigenvalue weighted by molar-refractivity contribution is 5.84. The van der Waals surface area contributed by atoms with Gasteiger partial charge in [0.15, 0.2) is 0 Å². The summed E-state index contributed by atoms with van der Waals surface area (Å²) in [6.45, 7) is 2.17. The third kappa shape index (κ3) is 2.72. The Kier molecular flexibility index (Phi) is 4.02. The van der Waals surface area contributed by atoms with Crippen LogP contribution in [0.2, 0.25) is 0 Å². The largest absolute Gasteiger partial charge is 0.350 e. The maximum atomic E-state index is 13.3. The van der Waals surface area contributed by atoms with E-state index >= 15 is 0 Å². The van der Waals surface area contributed by atoms with Crippen LogP contribution in [0.1, 0.15) is 31.7 Å². The van der Waals surface area contributed by atoms with Crippen molar-refractivity contribution in [3.63, 3.8) is 0 Å². The zero-order valence-electron chi connectivity index (χ0n) is 11.1. The second-order valence-corrected chi connectivity index (χ2v) is 5.03. The lowest BCUT2D eigenvalue weighted by Crippen LogP contribution is -2.22. The lowest BCUT2D eigenvalue weighted by Gasteiger charge is -2.09. The Morgan fingerprint density at radius 2 is 2.17 bits per heavy atom. The molecule has 0 radical (unpaired) electrons. The van der Waals surface area contributed by atoms with Gasteiger partial charge in [-0.25, -0.2) is 4.39 Å². The van der Waals surface area contributed by atoms with Crippen molar-refractivity contribution in [1.29, 1.82) is 0 Å². The second kappa shape index (κ2) is 5.53. The molecule has 1 aromatic heterocycles. The van der Waals surface area contributed by atoms with Crippen molar-refractivity contribution in [3.8, 4) is 0 Å². The molecule has 18 heavy (non-hydrogen) atoms. The third-order valence-electron chi connectivity index (χ3n) is 3.44. The summed E-state index contributed by atoms with van der Waals surface area (Å²) in [4.78, 5) is 0. The van der Waals surface area contributed by atoms with Crippen LogP contribution >= 0.6 is 0 Å². The topological polar surface area (TPSA) is 30.9 Å². The second-order valence-electron chi connectivity index (χ2n) is 5.03. The Balaban J connectivity index is 2.25. The van der Waals surface area contributed by atoms with Gasteiger partial charge in [0, 0.05) is 30.2 Å². The first-order valence-electron chi connectivity index (χ1n) is 6.61. The molecule has 2 aromatic rings. The van der Waals surface area contributed by atoms with Gasteiger partial charge in [0.2, 0.25) is 0 Å². The number of fused-ring (bicyclic) bond motifs is 1. The van der Waals surface area contributed by atoms with Crippen LogP contribution in [-0.4, -0.2) is 10.6 Å². The number of rotatable bonds is 5. The summed E-state index contributed by atoms with van der Waals surface area (Å²) in [7, 11) is 1.99. The molecule has 3 heteroatoms. The third-order valence-corrected chi connectivity index (χ3v) is 3.44. The molecule has 0 saturated carbocycles. The zero-order valence-corrected chi connectivity index (χ0v) is 11.1. The predicted molar refractivity (Wildman–Crippen MR) is 74.1 cm³/mol. The van der Waals surface area contributed by atoms with Crippen molar-refractivity contribution < 1.29 is 4.39 Å². The number of nitrogens with two attached hydrogens (primary N) is 1. The van der Waals surface area contributed by atoms with Crippen LogP contribution in [0.4, 0.5) is 4.39 Å². The molecule has 98 valence electrons. The minimum absolute atomic E-state index is 0.166. The first-order valence-corrected chi connectivity index (χ1v) is 6.61. The number of benzene rings is 1. The van der Waals surface area contributed by atoms with Gasteiger partial charge in [-0.05, 0) is 36.6 Å². The molecular weight excluding hydrogens is 227 g/mol. The van der Waals surface area contributed by atoms with Crippen molar-refractivity contribution >= 4 is 10.9 Å². The summed E-state index contributed by atoms with van der Waals surface area (Å²) >= 11 is 0. The van der Waals surface area contributed by atoms with Crippen molar-refractivity contribution in [2.45, 2.75) is 38.6 Å². The number of halogens is 1. The summed E-state index contributed by atoms with van der Waals surface area (Å²) in [5, 5.41) is 0.990. The molecule has 0 fully saturated rings. The lowest BCUT2D eigenvalue weighted by molar-refractivity contribution is 0.574. The number of aryl methyl sites for hydroxylation is 1. The SMILES string of the molecule is CCCCC(N)Cc1cn(C)c2ccc(F)cc12. The van der Waals surface area contributed by atoms with E-state index in [1.54, 1.807) is 6.07 Å². The maximum Gasteiger partial charge on any atom is 0.123 e. The molecule has 2 N–H and O–H groups in total. The van der Waals surface area contributed by atoms with E-state index in [1.807, 2.05) is 17.7 Å². The van der Waals surface area contributed by atoms with E-state index in [2.05, 4.69) is 13.1 Å². The molecule has 1 atom stereocenters. The molecule has 0 spiro atoms. The van der Waals surface area contributed by atoms with Crippen LogP contribution in [-0.2, 0) is 13.5 Å². The van der Waals surface area contributed by atoms with E-state index in [9.17, 15) is 4.39 Å². The monoisotopic (exact) mass is 248 g/mol. The minimum atomic E-state index is -0.183. The molecule has 0 aliphatic carbocycles. The Labute approximate surface area is 108 Å². The summed E-state index contributed by atoms with van der Waals surface area (Å²) in [6, 6.07) is 5.10. The fraction of sp³-hybridized carbons (Fsp3) is 0.467. The van der Waals surface area contributed by atoms with E-state index in [0.717, 1.165) is 42.1 Å². The van der Waals surface area contributed by atoms with Crippen LogP contribution in [0.3, 0.4) is 0 Å². The van der Waals surface area contributed by atoms with E-state index < -0.39 is 0 Å². The van der Waals surface area contributed by atoms with Gasteiger partial charge in [-0.15, -0.1) is 0 Å². The smallest absolute Gasteiger partial charge is 0.123 e. The molecule has 0 aliphatic heterocycles. The molecule has 2 nitrogen and oxygen atoms in total. The molecule has 1 aromatic carbocycles. The van der Waals surface area contributed by atoms with Gasteiger partial charge >= 0.3 is 0 Å². The standard InChI is InChI=1S/C15H21FN2/c1-3-4-5-13(17)8-11-10-18(2)15-7-6-12(16)9-14(11)15/h6-7,9-10,13H,3-5,8,17H2,1-2H3. The highest BCUT2D eigenvalue weighted by atomic mass is 19.1. The van der Waals surface area contributed by atoms with Gasteiger partial charge < -0.3 is 10.3 Å². The van der Waals surface area contributed by atoms with Crippen LogP contribution in [0.5, 0.6) is 0 Å². The molecule has 1 heterocycles. The van der Waals surface area contributed by atoms with Gasteiger partial charge in [0.25, 0.3) is 0 Å². The van der Waals surface area contributed by atoms with E-state index in [4.69, 9.17) is 5.73 Å². The number of nitrogens with zero attached hydrogens (tertiary/aromatic N) is 1. The average Bonchev–Trinajstić information content (AvgIpc) is 2.63. The first-order chi connectivity index (χ1) is 8.61. The van der Waals surface area contributed by atoms with E-state index in [1.165, 1.54) is 6.07 Å². The molecule has 0 bridgehead atoms. The molecule has 2 rings (SSSR count). The fourth-order valence-corrected chi connectivity index (χ4v) is 2.46.